The average molecular weight is 554 g/mol. The van der Waals surface area contributed by atoms with Crippen LogP contribution in [0.4, 0.5) is 5.69 Å². The van der Waals surface area contributed by atoms with Crippen LogP contribution in [0.5, 0.6) is 28.7 Å². The predicted molar refractivity (Wildman–Crippen MR) is 146 cm³/mol. The van der Waals surface area contributed by atoms with E-state index in [4.69, 9.17) is 30.5 Å². The Morgan fingerprint density at radius 1 is 0.872 bits per heavy atom. The lowest BCUT2D eigenvalue weighted by Crippen LogP contribution is -2.29. The van der Waals surface area contributed by atoms with E-state index in [1.165, 1.54) is 43.4 Å². The minimum absolute atomic E-state index is 0.000920. The number of rotatable bonds is 9. The van der Waals surface area contributed by atoms with Gasteiger partial charge in [-0.05, 0) is 49.7 Å². The minimum Gasteiger partial charge on any atom is -0.508 e. The number of Topliss-reactive ketones (excluding diaryl/α,β-unsaturated/α-hetero) is 1. The van der Waals surface area contributed by atoms with Crippen molar-refractivity contribution in [3.63, 3.8) is 0 Å². The van der Waals surface area contributed by atoms with Gasteiger partial charge in [0.1, 0.15) is 23.0 Å². The van der Waals surface area contributed by atoms with Gasteiger partial charge >= 0.3 is 0 Å². The van der Waals surface area contributed by atoms with Gasteiger partial charge < -0.3 is 29.2 Å². The molecule has 0 spiro atoms. The Morgan fingerprint density at radius 2 is 1.51 bits per heavy atom. The summed E-state index contributed by atoms with van der Waals surface area (Å²) < 4.78 is 22.0. The molecule has 1 aliphatic heterocycles. The number of methoxy groups -OCH3 is 2. The van der Waals surface area contributed by atoms with Crippen LogP contribution in [-0.4, -0.2) is 49.3 Å². The number of ether oxygens (including phenoxy) is 4. The van der Waals surface area contributed by atoms with Crippen molar-refractivity contribution in [1.29, 1.82) is 0 Å². The number of carbonyl (C=O) groups excluding carboxylic acids is 2. The number of phenols is 1. The molecule has 1 fully saturated rings. The number of amides is 1. The molecular formula is C29H28ClNO8. The highest BCUT2D eigenvalue weighted by Crippen LogP contribution is 2.46. The predicted octanol–water partition coefficient (Wildman–Crippen LogP) is 5.49. The summed E-state index contributed by atoms with van der Waals surface area (Å²) in [5, 5.41) is 21.6. The van der Waals surface area contributed by atoms with E-state index >= 15 is 0 Å². The summed E-state index contributed by atoms with van der Waals surface area (Å²) in [6.07, 6.45) is 0. The van der Waals surface area contributed by atoms with Gasteiger partial charge in [0.25, 0.3) is 11.7 Å². The van der Waals surface area contributed by atoms with Crippen molar-refractivity contribution in [1.82, 2.24) is 0 Å². The van der Waals surface area contributed by atoms with E-state index in [1.807, 2.05) is 13.8 Å². The third-order valence-electron chi connectivity index (χ3n) is 6.19. The smallest absolute Gasteiger partial charge is 0.300 e. The van der Waals surface area contributed by atoms with Gasteiger partial charge in [0.05, 0.1) is 49.6 Å². The summed E-state index contributed by atoms with van der Waals surface area (Å²) in [4.78, 5) is 28.3. The molecule has 1 saturated heterocycles. The Bertz CT molecular complexity index is 1430. The van der Waals surface area contributed by atoms with Gasteiger partial charge in [-0.15, -0.1) is 0 Å². The van der Waals surface area contributed by atoms with Gasteiger partial charge in [0.15, 0.2) is 11.5 Å². The van der Waals surface area contributed by atoms with Crippen LogP contribution < -0.4 is 23.8 Å². The van der Waals surface area contributed by atoms with E-state index < -0.39 is 23.5 Å². The molecule has 0 saturated carbocycles. The van der Waals surface area contributed by atoms with Crippen molar-refractivity contribution in [3.8, 4) is 28.7 Å². The first-order valence-corrected chi connectivity index (χ1v) is 12.5. The molecule has 1 heterocycles. The largest absolute Gasteiger partial charge is 0.508 e. The second-order valence-corrected chi connectivity index (χ2v) is 8.85. The van der Waals surface area contributed by atoms with Crippen molar-refractivity contribution < 1.29 is 38.7 Å². The Hall–Kier alpha value is -4.37. The van der Waals surface area contributed by atoms with E-state index in [-0.39, 0.29) is 27.7 Å². The molecular weight excluding hydrogens is 526 g/mol. The van der Waals surface area contributed by atoms with Gasteiger partial charge in [-0.2, -0.15) is 0 Å². The summed E-state index contributed by atoms with van der Waals surface area (Å²) >= 11 is 6.33. The summed E-state index contributed by atoms with van der Waals surface area (Å²) in [7, 11) is 2.83. The van der Waals surface area contributed by atoms with Crippen LogP contribution in [0, 0.1) is 0 Å². The molecule has 0 bridgehead atoms. The van der Waals surface area contributed by atoms with Gasteiger partial charge in [0.2, 0.25) is 0 Å². The maximum Gasteiger partial charge on any atom is 0.300 e. The molecule has 1 aliphatic rings. The number of benzene rings is 3. The molecule has 1 amide bonds. The molecule has 1 atom stereocenters. The zero-order valence-electron chi connectivity index (χ0n) is 21.9. The molecule has 3 aromatic rings. The molecule has 10 heteroatoms. The number of halogens is 1. The van der Waals surface area contributed by atoms with Crippen molar-refractivity contribution in [2.24, 2.45) is 0 Å². The van der Waals surface area contributed by atoms with Crippen molar-refractivity contribution >= 4 is 34.7 Å². The summed E-state index contributed by atoms with van der Waals surface area (Å²) in [6, 6.07) is 12.7. The fourth-order valence-electron chi connectivity index (χ4n) is 4.45. The summed E-state index contributed by atoms with van der Waals surface area (Å²) in [5.41, 5.74) is 0.740. The van der Waals surface area contributed by atoms with Crippen LogP contribution in [0.25, 0.3) is 5.76 Å². The fraction of sp³-hybridized carbons (Fsp3) is 0.241. The molecule has 0 aliphatic carbocycles. The number of carbonyl (C=O) groups is 2. The monoisotopic (exact) mass is 553 g/mol. The number of aliphatic hydroxyl groups excluding tert-OH is 1. The minimum atomic E-state index is -1.05. The third kappa shape index (κ3) is 5.18. The quantitative estimate of drug-likeness (QED) is 0.203. The lowest BCUT2D eigenvalue weighted by molar-refractivity contribution is -0.132. The SMILES string of the molecule is CCOc1ccc(N2C(=O)C(=O)/C(=C(/O)c3cc(Cl)c(OC)cc3OC)C2c2ccc(O)cc2)cc1OCC. The van der Waals surface area contributed by atoms with E-state index in [2.05, 4.69) is 0 Å². The van der Waals surface area contributed by atoms with Crippen LogP contribution >= 0.6 is 11.6 Å². The molecule has 204 valence electrons. The Balaban J connectivity index is 1.96. The molecule has 1 unspecified atom stereocenters. The standard InChI is InChI=1S/C29H28ClNO8/c1-5-38-21-12-9-17(13-24(21)39-6-2)31-26(16-7-10-18(32)11-8-16)25(28(34)29(31)35)27(33)19-14-20(30)23(37-4)15-22(19)36-3/h7-15,26,32-33H,5-6H2,1-4H3/b27-25+. The van der Waals surface area contributed by atoms with E-state index in [0.29, 0.717) is 41.7 Å². The maximum absolute atomic E-state index is 13.5. The third-order valence-corrected chi connectivity index (χ3v) is 6.48. The molecule has 39 heavy (non-hydrogen) atoms. The second-order valence-electron chi connectivity index (χ2n) is 8.44. The molecule has 0 radical (unpaired) electrons. The first-order valence-electron chi connectivity index (χ1n) is 12.2. The molecule has 2 N–H and O–H groups in total. The van der Waals surface area contributed by atoms with Gasteiger partial charge in [-0.3, -0.25) is 14.5 Å². The highest BCUT2D eigenvalue weighted by Gasteiger charge is 2.47. The first-order chi connectivity index (χ1) is 18.7. The number of nitrogens with zero attached hydrogens (tertiary/aromatic N) is 1. The number of phenolic OH excluding ortho intramolecular Hbond substituents is 1. The summed E-state index contributed by atoms with van der Waals surface area (Å²) in [6.45, 7) is 4.41. The Kier molecular flexibility index (Phi) is 8.21. The molecule has 3 aromatic carbocycles. The number of hydrogen-bond acceptors (Lipinski definition) is 8. The van der Waals surface area contributed by atoms with Crippen LogP contribution in [0.15, 0.2) is 60.2 Å². The van der Waals surface area contributed by atoms with Crippen LogP contribution in [0.2, 0.25) is 5.02 Å². The van der Waals surface area contributed by atoms with E-state index in [9.17, 15) is 19.8 Å². The number of aliphatic hydroxyl groups is 1. The summed E-state index contributed by atoms with van der Waals surface area (Å²) in [5.74, 6) is -0.885. The topological polar surface area (TPSA) is 115 Å². The highest BCUT2D eigenvalue weighted by atomic mass is 35.5. The van der Waals surface area contributed by atoms with Gasteiger partial charge in [-0.25, -0.2) is 0 Å². The lowest BCUT2D eigenvalue weighted by Gasteiger charge is -2.26. The lowest BCUT2D eigenvalue weighted by atomic mass is 9.94. The zero-order valence-corrected chi connectivity index (χ0v) is 22.6. The van der Waals surface area contributed by atoms with Crippen molar-refractivity contribution in [2.75, 3.05) is 32.3 Å². The van der Waals surface area contributed by atoms with Crippen molar-refractivity contribution in [2.45, 2.75) is 19.9 Å². The number of ketones is 1. The van der Waals surface area contributed by atoms with Crippen molar-refractivity contribution in [3.05, 3.63) is 76.3 Å². The first kappa shape index (κ1) is 27.7. The van der Waals surface area contributed by atoms with Crippen LogP contribution in [0.1, 0.15) is 31.0 Å². The molecule has 0 aromatic heterocycles. The van der Waals surface area contributed by atoms with E-state index in [1.54, 1.807) is 30.3 Å². The van der Waals surface area contributed by atoms with Gasteiger partial charge in [-0.1, -0.05) is 23.7 Å². The number of aromatic hydroxyl groups is 1. The average Bonchev–Trinajstić information content (AvgIpc) is 3.19. The highest BCUT2D eigenvalue weighted by molar-refractivity contribution is 6.51. The normalized spacial score (nSPS) is 16.3. The van der Waals surface area contributed by atoms with E-state index in [0.717, 1.165) is 0 Å². The zero-order chi connectivity index (χ0) is 28.3. The van der Waals surface area contributed by atoms with Crippen LogP contribution in [-0.2, 0) is 9.59 Å². The maximum atomic E-state index is 13.5. The van der Waals surface area contributed by atoms with Crippen LogP contribution in [0.3, 0.4) is 0 Å². The molecule has 4 rings (SSSR count). The Labute approximate surface area is 230 Å². The second kappa shape index (κ2) is 11.6. The Morgan fingerprint density at radius 3 is 2.13 bits per heavy atom. The molecule has 9 nitrogen and oxygen atoms in total. The number of hydrogen-bond donors (Lipinski definition) is 2. The fourth-order valence-corrected chi connectivity index (χ4v) is 4.69. The number of anilines is 1. The van der Waals surface area contributed by atoms with Gasteiger partial charge in [0, 0.05) is 17.8 Å².